The van der Waals surface area contributed by atoms with E-state index in [9.17, 15) is 9.59 Å². The first-order chi connectivity index (χ1) is 8.97. The van der Waals surface area contributed by atoms with E-state index in [1.165, 1.54) is 0 Å². The van der Waals surface area contributed by atoms with Crippen LogP contribution in [0.15, 0.2) is 0 Å². The van der Waals surface area contributed by atoms with Crippen LogP contribution in [0.3, 0.4) is 0 Å². The van der Waals surface area contributed by atoms with Gasteiger partial charge in [-0.15, -0.1) is 0 Å². The number of rotatable bonds is 2. The second kappa shape index (κ2) is 5.77. The van der Waals surface area contributed by atoms with E-state index in [1.54, 1.807) is 4.90 Å². The Labute approximate surface area is 113 Å². The Hall–Kier alpha value is -1.30. The molecule has 0 saturated carbocycles. The van der Waals surface area contributed by atoms with Gasteiger partial charge in [0, 0.05) is 25.7 Å². The molecule has 108 valence electrons. The number of hydrogen-bond acceptors (Lipinski definition) is 3. The van der Waals surface area contributed by atoms with Crippen molar-refractivity contribution in [2.24, 2.45) is 11.8 Å². The third-order valence-corrected chi connectivity index (χ3v) is 4.17. The zero-order valence-corrected chi connectivity index (χ0v) is 11.6. The highest BCUT2D eigenvalue weighted by Crippen LogP contribution is 2.23. The lowest BCUT2D eigenvalue weighted by atomic mass is 9.99. The molecule has 0 aromatic heterocycles. The lowest BCUT2D eigenvalue weighted by Gasteiger charge is -2.31. The monoisotopic (exact) mass is 269 g/mol. The summed E-state index contributed by atoms with van der Waals surface area (Å²) < 4.78 is 0. The third kappa shape index (κ3) is 3.37. The van der Waals surface area contributed by atoms with Gasteiger partial charge in [0.05, 0.1) is 5.92 Å². The number of carboxylic acid groups (broad SMARTS) is 1. The lowest BCUT2D eigenvalue weighted by Crippen LogP contribution is -2.50. The molecule has 2 aliphatic heterocycles. The molecule has 2 fully saturated rings. The van der Waals surface area contributed by atoms with Crippen LogP contribution in [0.5, 0.6) is 0 Å². The van der Waals surface area contributed by atoms with E-state index in [2.05, 4.69) is 17.3 Å². The average molecular weight is 269 g/mol. The van der Waals surface area contributed by atoms with Crippen LogP contribution in [-0.4, -0.2) is 66.2 Å². The largest absolute Gasteiger partial charge is 0.481 e. The normalized spacial score (nSPS) is 32.3. The second-order valence-corrected chi connectivity index (χ2v) is 5.88. The summed E-state index contributed by atoms with van der Waals surface area (Å²) in [5.41, 5.74) is 0. The number of likely N-dealkylation sites (tertiary alicyclic amines) is 2. The molecule has 2 heterocycles. The van der Waals surface area contributed by atoms with E-state index in [1.807, 2.05) is 6.92 Å². The molecule has 0 radical (unpaired) electrons. The van der Waals surface area contributed by atoms with E-state index < -0.39 is 11.9 Å². The summed E-state index contributed by atoms with van der Waals surface area (Å²) >= 11 is 0. The smallest absolute Gasteiger partial charge is 0.317 e. The molecular weight excluding hydrogens is 246 g/mol. The van der Waals surface area contributed by atoms with E-state index in [4.69, 9.17) is 5.11 Å². The van der Waals surface area contributed by atoms with Crippen LogP contribution >= 0.6 is 0 Å². The molecule has 3 unspecified atom stereocenters. The average Bonchev–Trinajstić information content (AvgIpc) is 2.71. The van der Waals surface area contributed by atoms with Crippen LogP contribution < -0.4 is 5.32 Å². The summed E-state index contributed by atoms with van der Waals surface area (Å²) in [6.07, 6.45) is 2.09. The van der Waals surface area contributed by atoms with Gasteiger partial charge in [0.2, 0.25) is 0 Å². The van der Waals surface area contributed by atoms with Gasteiger partial charge in [0.15, 0.2) is 0 Å². The number of nitrogens with zero attached hydrogens (tertiary/aromatic N) is 2. The number of hydrogen-bond donors (Lipinski definition) is 2. The van der Waals surface area contributed by atoms with E-state index in [0.717, 1.165) is 25.9 Å². The number of aliphatic carboxylic acids is 1. The molecule has 2 rings (SSSR count). The number of piperidine rings is 1. The van der Waals surface area contributed by atoms with Crippen LogP contribution in [-0.2, 0) is 4.79 Å². The first kappa shape index (κ1) is 14.1. The predicted octanol–water partition coefficient (Wildman–Crippen LogP) is 0.443. The van der Waals surface area contributed by atoms with Gasteiger partial charge in [-0.05, 0) is 32.4 Å². The van der Waals surface area contributed by atoms with Gasteiger partial charge < -0.3 is 20.2 Å². The number of likely N-dealkylation sites (N-methyl/N-ethyl adjacent to an activating group) is 1. The zero-order chi connectivity index (χ0) is 14.0. The van der Waals surface area contributed by atoms with Crippen LogP contribution in [0, 0.1) is 11.8 Å². The minimum absolute atomic E-state index is 0.0253. The van der Waals surface area contributed by atoms with E-state index in [-0.39, 0.29) is 18.0 Å². The molecule has 2 aliphatic rings. The Kier molecular flexibility index (Phi) is 4.29. The maximum atomic E-state index is 12.1. The fourth-order valence-electron chi connectivity index (χ4n) is 3.00. The number of carbonyl (C=O) groups is 2. The summed E-state index contributed by atoms with van der Waals surface area (Å²) in [5, 5.41) is 12.1. The highest BCUT2D eigenvalue weighted by molar-refractivity contribution is 5.77. The summed E-state index contributed by atoms with van der Waals surface area (Å²) in [5.74, 6) is -1.21. The van der Waals surface area contributed by atoms with Crippen LogP contribution in [0.25, 0.3) is 0 Å². The highest BCUT2D eigenvalue weighted by Gasteiger charge is 2.37. The van der Waals surface area contributed by atoms with Crippen molar-refractivity contribution >= 4 is 12.0 Å². The molecule has 0 aliphatic carbocycles. The van der Waals surface area contributed by atoms with Crippen LogP contribution in [0.2, 0.25) is 0 Å². The van der Waals surface area contributed by atoms with Crippen molar-refractivity contribution in [3.05, 3.63) is 0 Å². The van der Waals surface area contributed by atoms with Crippen molar-refractivity contribution in [1.29, 1.82) is 0 Å². The molecule has 6 heteroatoms. The quantitative estimate of drug-likeness (QED) is 0.763. The Morgan fingerprint density at radius 2 is 2.00 bits per heavy atom. The molecule has 2 amide bonds. The van der Waals surface area contributed by atoms with Gasteiger partial charge in [0.1, 0.15) is 0 Å². The van der Waals surface area contributed by atoms with E-state index in [0.29, 0.717) is 13.1 Å². The number of urea groups is 1. The van der Waals surface area contributed by atoms with Crippen molar-refractivity contribution in [1.82, 2.24) is 15.1 Å². The summed E-state index contributed by atoms with van der Waals surface area (Å²) in [4.78, 5) is 27.0. The maximum absolute atomic E-state index is 12.1. The lowest BCUT2D eigenvalue weighted by molar-refractivity contribution is -0.142. The zero-order valence-electron chi connectivity index (χ0n) is 11.6. The fraction of sp³-hybridized carbons (Fsp3) is 0.846. The molecule has 3 atom stereocenters. The second-order valence-electron chi connectivity index (χ2n) is 5.88. The highest BCUT2D eigenvalue weighted by atomic mass is 16.4. The molecule has 0 aromatic rings. The van der Waals surface area contributed by atoms with Crippen molar-refractivity contribution in [3.8, 4) is 0 Å². The fourth-order valence-corrected chi connectivity index (χ4v) is 3.00. The molecule has 2 saturated heterocycles. The molecule has 0 aromatic carbocycles. The number of carbonyl (C=O) groups excluding carboxylic acids is 1. The SMILES string of the molecule is CC1CN(C(=O)NC2CCCN(C)C2)CC1C(=O)O. The Morgan fingerprint density at radius 3 is 2.58 bits per heavy atom. The van der Waals surface area contributed by atoms with Crippen LogP contribution in [0.4, 0.5) is 4.79 Å². The molecule has 6 nitrogen and oxygen atoms in total. The van der Waals surface area contributed by atoms with Crippen molar-refractivity contribution in [2.45, 2.75) is 25.8 Å². The topological polar surface area (TPSA) is 72.9 Å². The molecule has 2 N–H and O–H groups in total. The van der Waals surface area contributed by atoms with Crippen molar-refractivity contribution in [3.63, 3.8) is 0 Å². The standard InChI is InChI=1S/C13H23N3O3/c1-9-6-16(8-11(9)12(17)18)13(19)14-10-4-3-5-15(2)7-10/h9-11H,3-8H2,1-2H3,(H,14,19)(H,17,18). The van der Waals surface area contributed by atoms with Crippen molar-refractivity contribution in [2.75, 3.05) is 33.2 Å². The Bertz CT molecular complexity index is 361. The van der Waals surface area contributed by atoms with Gasteiger partial charge in [-0.1, -0.05) is 6.92 Å². The Balaban J connectivity index is 1.85. The minimum Gasteiger partial charge on any atom is -0.481 e. The van der Waals surface area contributed by atoms with Crippen molar-refractivity contribution < 1.29 is 14.7 Å². The van der Waals surface area contributed by atoms with Crippen LogP contribution in [0.1, 0.15) is 19.8 Å². The van der Waals surface area contributed by atoms with E-state index >= 15 is 0 Å². The van der Waals surface area contributed by atoms with Gasteiger partial charge in [-0.25, -0.2) is 4.79 Å². The minimum atomic E-state index is -0.805. The summed E-state index contributed by atoms with van der Waals surface area (Å²) in [7, 11) is 2.05. The number of amides is 2. The molecule has 0 bridgehead atoms. The number of nitrogens with one attached hydrogen (secondary N) is 1. The van der Waals surface area contributed by atoms with Gasteiger partial charge in [-0.3, -0.25) is 4.79 Å². The molecule has 0 spiro atoms. The predicted molar refractivity (Wildman–Crippen MR) is 70.9 cm³/mol. The maximum Gasteiger partial charge on any atom is 0.317 e. The first-order valence-corrected chi connectivity index (χ1v) is 6.94. The van der Waals surface area contributed by atoms with Gasteiger partial charge >= 0.3 is 12.0 Å². The third-order valence-electron chi connectivity index (χ3n) is 4.17. The summed E-state index contributed by atoms with van der Waals surface area (Å²) in [6, 6.07) is 0.0707. The summed E-state index contributed by atoms with van der Waals surface area (Å²) in [6.45, 7) is 4.70. The molecule has 19 heavy (non-hydrogen) atoms. The first-order valence-electron chi connectivity index (χ1n) is 6.94. The Morgan fingerprint density at radius 1 is 1.26 bits per heavy atom. The van der Waals surface area contributed by atoms with Gasteiger partial charge in [-0.2, -0.15) is 0 Å². The molecular formula is C13H23N3O3. The van der Waals surface area contributed by atoms with Gasteiger partial charge in [0.25, 0.3) is 0 Å². The number of carboxylic acids is 1.